The molecule has 0 N–H and O–H groups in total. The maximum absolute atomic E-state index is 5.18. The summed E-state index contributed by atoms with van der Waals surface area (Å²) >= 11 is 0. The summed E-state index contributed by atoms with van der Waals surface area (Å²) in [6.07, 6.45) is 0. The first-order valence-electron chi connectivity index (χ1n) is 24.4. The quantitative estimate of drug-likeness (QED) is 0.0869. The lowest BCUT2D eigenvalue weighted by Gasteiger charge is -2.12. The van der Waals surface area contributed by atoms with E-state index in [1.54, 1.807) is 0 Å². The number of pyridine rings is 1. The van der Waals surface area contributed by atoms with Gasteiger partial charge in [0, 0.05) is 60.2 Å². The monoisotopic (exact) mass is 920 g/mol. The molecular formula is C66H44N6. The van der Waals surface area contributed by atoms with E-state index in [-0.39, 0.29) is 0 Å². The van der Waals surface area contributed by atoms with Crippen molar-refractivity contribution < 1.29 is 0 Å². The van der Waals surface area contributed by atoms with Gasteiger partial charge in [0.2, 0.25) is 0 Å². The summed E-state index contributed by atoms with van der Waals surface area (Å²) in [4.78, 5) is 14.5. The molecule has 0 aliphatic heterocycles. The van der Waals surface area contributed by atoms with E-state index >= 15 is 0 Å². The van der Waals surface area contributed by atoms with Crippen LogP contribution in [0.4, 0.5) is 0 Å². The highest BCUT2D eigenvalue weighted by Crippen LogP contribution is 2.42. The van der Waals surface area contributed by atoms with E-state index in [1.807, 2.05) is 60.7 Å². The van der Waals surface area contributed by atoms with Crippen molar-refractivity contribution >= 4 is 100 Å². The molecule has 0 atom stereocenters. The fourth-order valence-electron chi connectivity index (χ4n) is 11.1. The summed E-state index contributed by atoms with van der Waals surface area (Å²) in [6, 6.07) is 86.9. The van der Waals surface area contributed by atoms with Crippen molar-refractivity contribution in [3.63, 3.8) is 0 Å². The Bertz CT molecular complexity index is 4540. The third-order valence-corrected chi connectivity index (χ3v) is 14.4. The van der Waals surface area contributed by atoms with Crippen LogP contribution in [0.5, 0.6) is 0 Å². The zero-order valence-corrected chi connectivity index (χ0v) is 39.2. The van der Waals surface area contributed by atoms with Gasteiger partial charge in [-0.15, -0.1) is 0 Å². The molecule has 10 aromatic carbocycles. The molecule has 14 rings (SSSR count). The number of hydrogen-bond acceptors (Lipinski definition) is 1. The fourth-order valence-corrected chi connectivity index (χ4v) is 11.1. The van der Waals surface area contributed by atoms with Crippen LogP contribution in [0, 0.1) is 0 Å². The average Bonchev–Trinajstić information content (AvgIpc) is 4.10. The Kier molecular flexibility index (Phi) is 9.64. The van der Waals surface area contributed by atoms with E-state index in [9.17, 15) is 0 Å². The predicted molar refractivity (Wildman–Crippen MR) is 303 cm³/mol. The molecule has 0 aliphatic carbocycles. The van der Waals surface area contributed by atoms with Gasteiger partial charge in [-0.2, -0.15) is 0 Å². The third kappa shape index (κ3) is 6.68. The fraction of sp³-hybridized carbons (Fsp3) is 0.0152. The Balaban J connectivity index is 0.971. The van der Waals surface area contributed by atoms with Crippen LogP contribution in [-0.2, 0) is 6.54 Å². The zero-order valence-electron chi connectivity index (χ0n) is 39.2. The Morgan fingerprint density at radius 1 is 0.347 bits per heavy atom. The van der Waals surface area contributed by atoms with Gasteiger partial charge >= 0.3 is 0 Å². The van der Waals surface area contributed by atoms with Crippen molar-refractivity contribution in [2.75, 3.05) is 0 Å². The second-order valence-corrected chi connectivity index (χ2v) is 18.5. The summed E-state index contributed by atoms with van der Waals surface area (Å²) in [5.74, 6) is 1.13. The minimum Gasteiger partial charge on any atom is -0.309 e. The van der Waals surface area contributed by atoms with E-state index in [1.165, 1.54) is 81.8 Å². The van der Waals surface area contributed by atoms with Crippen LogP contribution in [0.3, 0.4) is 0 Å². The molecule has 0 fully saturated rings. The molecule has 14 aromatic rings. The SMILES string of the molecule is C=NC(=NC(=NCc1cccc(-n2c3ccc(-c4ccc5c(c4)c4ccccc4n5-c4ccccc4)cc3c3cc4cc5c6ccccc6c6ccccc6n5c4cc32)c1)c1ccccc1)c1ccccc1. The number of benzene rings is 10. The van der Waals surface area contributed by atoms with Crippen LogP contribution >= 0.6 is 0 Å². The zero-order chi connectivity index (χ0) is 47.7. The molecule has 4 heterocycles. The van der Waals surface area contributed by atoms with Gasteiger partial charge in [-0.3, -0.25) is 4.99 Å². The highest BCUT2D eigenvalue weighted by atomic mass is 15.0. The Labute approximate surface area is 415 Å². The van der Waals surface area contributed by atoms with Gasteiger partial charge < -0.3 is 13.5 Å². The normalized spacial score (nSPS) is 12.4. The molecule has 0 radical (unpaired) electrons. The Hall–Kier alpha value is -9.65. The van der Waals surface area contributed by atoms with Gasteiger partial charge in [0.1, 0.15) is 0 Å². The molecular weight excluding hydrogens is 877 g/mol. The first-order valence-corrected chi connectivity index (χ1v) is 24.4. The average molecular weight is 921 g/mol. The number of aromatic nitrogens is 3. The van der Waals surface area contributed by atoms with E-state index in [4.69, 9.17) is 9.98 Å². The highest BCUT2D eigenvalue weighted by molar-refractivity contribution is 6.20. The van der Waals surface area contributed by atoms with Gasteiger partial charge in [-0.05, 0) is 108 Å². The molecule has 72 heavy (non-hydrogen) atoms. The second-order valence-electron chi connectivity index (χ2n) is 18.5. The number of fused-ring (bicyclic) bond motifs is 14. The summed E-state index contributed by atoms with van der Waals surface area (Å²) in [6.45, 7) is 4.28. The second kappa shape index (κ2) is 16.8. The molecule has 0 saturated carbocycles. The minimum absolute atomic E-state index is 0.415. The maximum Gasteiger partial charge on any atom is 0.161 e. The molecule has 0 aliphatic rings. The molecule has 0 amide bonds. The van der Waals surface area contributed by atoms with Crippen LogP contribution in [0.25, 0.3) is 104 Å². The van der Waals surface area contributed by atoms with Crippen molar-refractivity contribution in [2.24, 2.45) is 15.0 Å². The molecule has 0 spiro atoms. The van der Waals surface area contributed by atoms with Crippen molar-refractivity contribution in [1.82, 2.24) is 13.5 Å². The molecule has 6 nitrogen and oxygen atoms in total. The number of aliphatic imine (C=N–C) groups is 3. The van der Waals surface area contributed by atoms with Crippen LogP contribution in [0.15, 0.2) is 258 Å². The topological polar surface area (TPSA) is 51.3 Å². The molecule has 4 aromatic heterocycles. The lowest BCUT2D eigenvalue weighted by atomic mass is 10.0. The predicted octanol–water partition coefficient (Wildman–Crippen LogP) is 16.4. The number of rotatable bonds is 7. The van der Waals surface area contributed by atoms with Crippen LogP contribution < -0.4 is 0 Å². The number of amidine groups is 2. The maximum atomic E-state index is 5.18. The van der Waals surface area contributed by atoms with Crippen LogP contribution in [0.1, 0.15) is 16.7 Å². The van der Waals surface area contributed by atoms with Crippen LogP contribution in [-0.4, -0.2) is 31.9 Å². The first-order chi connectivity index (χ1) is 35.7. The molecule has 0 unspecified atom stereocenters. The largest absolute Gasteiger partial charge is 0.309 e. The van der Waals surface area contributed by atoms with E-state index < -0.39 is 0 Å². The summed E-state index contributed by atoms with van der Waals surface area (Å²) in [5, 5.41) is 9.78. The highest BCUT2D eigenvalue weighted by Gasteiger charge is 2.20. The number of para-hydroxylation sites is 3. The molecule has 338 valence electrons. The Morgan fingerprint density at radius 2 is 0.861 bits per heavy atom. The standard InChI is InChI=1S/C66H44N6/c1-67-65(44-19-5-2-6-20-44)69-66(45-21-7-3-8-22-45)68-42-43-18-17-25-50(36-43)71-61-35-33-47(46-32-34-60-55(37-46)54-29-14-15-30-58(54)70(60)49-23-9-4-10-24-49)38-56(61)57-39-48-40-63-53-28-12-11-26-51(53)52-27-13-16-31-59(52)72(63)62(48)41-64(57)71/h2-41H,1,42H2. The lowest BCUT2D eigenvalue weighted by molar-refractivity contribution is 1.05. The minimum atomic E-state index is 0.415. The van der Waals surface area contributed by atoms with Gasteiger partial charge in [-0.25, -0.2) is 9.98 Å². The van der Waals surface area contributed by atoms with Crippen molar-refractivity contribution in [3.05, 3.63) is 259 Å². The first kappa shape index (κ1) is 41.3. The third-order valence-electron chi connectivity index (χ3n) is 14.4. The van der Waals surface area contributed by atoms with E-state index in [2.05, 4.69) is 207 Å². The van der Waals surface area contributed by atoms with E-state index in [0.717, 1.165) is 39.1 Å². The van der Waals surface area contributed by atoms with Crippen molar-refractivity contribution in [3.8, 4) is 22.5 Å². The smallest absolute Gasteiger partial charge is 0.161 e. The molecule has 6 heteroatoms. The van der Waals surface area contributed by atoms with Gasteiger partial charge in [-0.1, -0.05) is 164 Å². The Morgan fingerprint density at radius 3 is 1.54 bits per heavy atom. The lowest BCUT2D eigenvalue weighted by Crippen LogP contribution is -2.05. The molecule has 0 saturated heterocycles. The van der Waals surface area contributed by atoms with Crippen molar-refractivity contribution in [2.45, 2.75) is 6.54 Å². The van der Waals surface area contributed by atoms with Crippen molar-refractivity contribution in [1.29, 1.82) is 0 Å². The summed E-state index contributed by atoms with van der Waals surface area (Å²) in [5.41, 5.74) is 15.6. The van der Waals surface area contributed by atoms with E-state index in [0.29, 0.717) is 18.2 Å². The number of nitrogens with zero attached hydrogens (tertiary/aromatic N) is 6. The van der Waals surface area contributed by atoms with Gasteiger partial charge in [0.05, 0.1) is 45.2 Å². The van der Waals surface area contributed by atoms with Gasteiger partial charge in [0.25, 0.3) is 0 Å². The van der Waals surface area contributed by atoms with Gasteiger partial charge in [0.15, 0.2) is 11.7 Å². The summed E-state index contributed by atoms with van der Waals surface area (Å²) in [7, 11) is 0. The van der Waals surface area contributed by atoms with Crippen LogP contribution in [0.2, 0.25) is 0 Å². The summed E-state index contributed by atoms with van der Waals surface area (Å²) < 4.78 is 7.27. The molecule has 0 bridgehead atoms. The number of hydrogen-bond donors (Lipinski definition) is 0.